The molecule has 8 heteroatoms. The van der Waals surface area contributed by atoms with Gasteiger partial charge in [0.25, 0.3) is 5.91 Å². The zero-order valence-corrected chi connectivity index (χ0v) is 14.6. The number of likely N-dealkylation sites (tertiary alicyclic amines) is 1. The van der Waals surface area contributed by atoms with Gasteiger partial charge < -0.3 is 15.5 Å². The number of H-pyrrole nitrogens is 1. The molecular weight excluding hydrogens is 346 g/mol. The Bertz CT molecular complexity index is 985. The summed E-state index contributed by atoms with van der Waals surface area (Å²) in [5.41, 5.74) is 7.67. The van der Waals surface area contributed by atoms with Gasteiger partial charge in [-0.2, -0.15) is 0 Å². The number of ether oxygens (including phenoxy) is 1. The molecule has 8 nitrogen and oxygen atoms in total. The number of rotatable bonds is 4. The molecule has 1 atom stereocenters. The fraction of sp³-hybridized carbons (Fsp3) is 0.263. The summed E-state index contributed by atoms with van der Waals surface area (Å²) < 4.78 is 5.46. The van der Waals surface area contributed by atoms with Crippen molar-refractivity contribution in [2.75, 3.05) is 6.54 Å². The first-order valence-electron chi connectivity index (χ1n) is 8.74. The van der Waals surface area contributed by atoms with Crippen LogP contribution in [0.2, 0.25) is 0 Å². The molecule has 1 aliphatic heterocycles. The van der Waals surface area contributed by atoms with Crippen LogP contribution in [0, 0.1) is 0 Å². The number of primary amides is 1. The minimum atomic E-state index is -0.586. The summed E-state index contributed by atoms with van der Waals surface area (Å²) in [5.74, 6) is 0.0198. The van der Waals surface area contributed by atoms with Crippen LogP contribution < -0.4 is 5.73 Å². The summed E-state index contributed by atoms with van der Waals surface area (Å²) in [6.45, 7) is 0.815. The van der Waals surface area contributed by atoms with Crippen LogP contribution in [0.3, 0.4) is 0 Å². The molecular formula is C19H19N5O3. The van der Waals surface area contributed by atoms with Crippen molar-refractivity contribution in [3.05, 3.63) is 59.7 Å². The summed E-state index contributed by atoms with van der Waals surface area (Å²) in [7, 11) is 0. The predicted molar refractivity (Wildman–Crippen MR) is 97.7 cm³/mol. The molecule has 3 aromatic rings. The Morgan fingerprint density at radius 3 is 2.85 bits per heavy atom. The van der Waals surface area contributed by atoms with E-state index in [1.54, 1.807) is 11.1 Å². The van der Waals surface area contributed by atoms with Crippen molar-refractivity contribution in [2.45, 2.75) is 25.5 Å². The van der Waals surface area contributed by atoms with Crippen LogP contribution in [-0.4, -0.2) is 38.4 Å². The molecule has 0 saturated carbocycles. The van der Waals surface area contributed by atoms with Gasteiger partial charge >= 0.3 is 6.09 Å². The van der Waals surface area contributed by atoms with E-state index in [4.69, 9.17) is 10.5 Å². The first kappa shape index (κ1) is 17.0. The Morgan fingerprint density at radius 2 is 2.07 bits per heavy atom. The number of nitrogens with zero attached hydrogens (tertiary/aromatic N) is 3. The van der Waals surface area contributed by atoms with Crippen LogP contribution in [0.25, 0.3) is 11.0 Å². The normalized spacial score (nSPS) is 16.6. The molecule has 1 aromatic carbocycles. The van der Waals surface area contributed by atoms with Crippen molar-refractivity contribution in [3.8, 4) is 0 Å². The monoisotopic (exact) mass is 365 g/mol. The second kappa shape index (κ2) is 7.06. The molecule has 2 amide bonds. The quantitative estimate of drug-likeness (QED) is 0.737. The van der Waals surface area contributed by atoms with E-state index in [1.807, 2.05) is 30.3 Å². The minimum Gasteiger partial charge on any atom is -0.445 e. The lowest BCUT2D eigenvalue weighted by molar-refractivity contribution is 0.0909. The second-order valence-electron chi connectivity index (χ2n) is 6.46. The number of benzene rings is 1. The number of hydrogen-bond acceptors (Lipinski definition) is 5. The largest absolute Gasteiger partial charge is 0.445 e. The summed E-state index contributed by atoms with van der Waals surface area (Å²) >= 11 is 0. The average Bonchev–Trinajstić information content (AvgIpc) is 3.33. The molecule has 4 rings (SSSR count). The van der Waals surface area contributed by atoms with E-state index in [0.717, 1.165) is 18.4 Å². The molecule has 0 aliphatic carbocycles. The van der Waals surface area contributed by atoms with E-state index in [9.17, 15) is 9.59 Å². The van der Waals surface area contributed by atoms with Crippen LogP contribution in [0.5, 0.6) is 0 Å². The van der Waals surface area contributed by atoms with Gasteiger partial charge in [-0.3, -0.25) is 14.7 Å². The lowest BCUT2D eigenvalue weighted by atomic mass is 10.2. The fourth-order valence-corrected chi connectivity index (χ4v) is 3.36. The Labute approximate surface area is 155 Å². The highest BCUT2D eigenvalue weighted by atomic mass is 16.6. The molecule has 3 heterocycles. The number of imidazole rings is 1. The molecule has 1 saturated heterocycles. The molecule has 27 heavy (non-hydrogen) atoms. The SMILES string of the molecule is NC(=O)c1cncc2[nH]c(C3CCCN3C(=O)OCc3ccccc3)nc12. The van der Waals surface area contributed by atoms with Crippen molar-refractivity contribution in [1.29, 1.82) is 0 Å². The summed E-state index contributed by atoms with van der Waals surface area (Å²) in [6, 6.07) is 9.31. The summed E-state index contributed by atoms with van der Waals surface area (Å²) in [4.78, 5) is 37.5. The first-order valence-corrected chi connectivity index (χ1v) is 8.74. The second-order valence-corrected chi connectivity index (χ2v) is 6.46. The number of hydrogen-bond donors (Lipinski definition) is 2. The van der Waals surface area contributed by atoms with Crippen LogP contribution in [0.1, 0.15) is 40.6 Å². The zero-order valence-electron chi connectivity index (χ0n) is 14.6. The molecule has 0 bridgehead atoms. The van der Waals surface area contributed by atoms with Crippen LogP contribution >= 0.6 is 0 Å². The van der Waals surface area contributed by atoms with E-state index in [1.165, 1.54) is 6.20 Å². The van der Waals surface area contributed by atoms with Gasteiger partial charge in [0.05, 0.1) is 23.3 Å². The number of aromatic nitrogens is 3. The maximum absolute atomic E-state index is 12.6. The highest BCUT2D eigenvalue weighted by molar-refractivity contribution is 6.03. The van der Waals surface area contributed by atoms with Crippen LogP contribution in [0.4, 0.5) is 4.79 Å². The predicted octanol–water partition coefficient (Wildman–Crippen LogP) is 2.53. The highest BCUT2D eigenvalue weighted by Gasteiger charge is 2.33. The van der Waals surface area contributed by atoms with Gasteiger partial charge in [0, 0.05) is 12.7 Å². The van der Waals surface area contributed by atoms with Crippen LogP contribution in [-0.2, 0) is 11.3 Å². The smallest absolute Gasteiger partial charge is 0.410 e. The zero-order chi connectivity index (χ0) is 18.8. The van der Waals surface area contributed by atoms with Crippen molar-refractivity contribution in [3.63, 3.8) is 0 Å². The fourth-order valence-electron chi connectivity index (χ4n) is 3.36. The number of nitrogens with one attached hydrogen (secondary N) is 1. The maximum Gasteiger partial charge on any atom is 0.410 e. The molecule has 138 valence electrons. The summed E-state index contributed by atoms with van der Waals surface area (Å²) in [6.07, 6.45) is 4.22. The highest BCUT2D eigenvalue weighted by Crippen LogP contribution is 2.32. The topological polar surface area (TPSA) is 114 Å². The lowest BCUT2D eigenvalue weighted by Crippen LogP contribution is -2.31. The van der Waals surface area contributed by atoms with Crippen molar-refractivity contribution >= 4 is 23.0 Å². The third kappa shape index (κ3) is 3.33. The van der Waals surface area contributed by atoms with Gasteiger partial charge in [-0.05, 0) is 18.4 Å². The van der Waals surface area contributed by atoms with Crippen LogP contribution in [0.15, 0.2) is 42.7 Å². The van der Waals surface area contributed by atoms with Gasteiger partial charge in [-0.25, -0.2) is 9.78 Å². The maximum atomic E-state index is 12.6. The van der Waals surface area contributed by atoms with Gasteiger partial charge in [-0.15, -0.1) is 0 Å². The lowest BCUT2D eigenvalue weighted by Gasteiger charge is -2.22. The van der Waals surface area contributed by atoms with Gasteiger partial charge in [0.15, 0.2) is 0 Å². The first-order chi connectivity index (χ1) is 13.1. The number of nitrogens with two attached hydrogens (primary N) is 1. The number of aromatic amines is 1. The number of pyridine rings is 1. The Morgan fingerprint density at radius 1 is 1.26 bits per heavy atom. The molecule has 1 fully saturated rings. The Kier molecular flexibility index (Phi) is 4.45. The Hall–Kier alpha value is -3.42. The standard InChI is InChI=1S/C19H19N5O3/c20-17(25)13-9-21-10-14-16(13)23-18(22-14)15-7-4-8-24(15)19(26)27-11-12-5-2-1-3-6-12/h1-3,5-6,9-10,15H,4,7-8,11H2,(H2,20,25)(H,22,23). The average molecular weight is 365 g/mol. The Balaban J connectivity index is 1.54. The number of amides is 2. The third-order valence-corrected chi connectivity index (χ3v) is 4.69. The number of carbonyl (C=O) groups is 2. The molecule has 0 radical (unpaired) electrons. The van der Waals surface area contributed by atoms with Crippen molar-refractivity contribution in [1.82, 2.24) is 19.9 Å². The van der Waals surface area contributed by atoms with E-state index < -0.39 is 5.91 Å². The number of carbonyl (C=O) groups excluding carboxylic acids is 2. The van der Waals surface area contributed by atoms with E-state index in [0.29, 0.717) is 23.4 Å². The molecule has 1 aliphatic rings. The minimum absolute atomic E-state index is 0.221. The van der Waals surface area contributed by atoms with Crippen molar-refractivity contribution < 1.29 is 14.3 Å². The van der Waals surface area contributed by atoms with E-state index >= 15 is 0 Å². The van der Waals surface area contributed by atoms with Gasteiger partial charge in [0.2, 0.25) is 0 Å². The van der Waals surface area contributed by atoms with Gasteiger partial charge in [-0.1, -0.05) is 30.3 Å². The molecule has 2 aromatic heterocycles. The molecule has 0 spiro atoms. The third-order valence-electron chi connectivity index (χ3n) is 4.69. The molecule has 1 unspecified atom stereocenters. The van der Waals surface area contributed by atoms with E-state index in [-0.39, 0.29) is 24.3 Å². The van der Waals surface area contributed by atoms with Crippen molar-refractivity contribution in [2.24, 2.45) is 5.73 Å². The van der Waals surface area contributed by atoms with Gasteiger partial charge in [0.1, 0.15) is 17.9 Å². The summed E-state index contributed by atoms with van der Waals surface area (Å²) in [5, 5.41) is 0. The number of fused-ring (bicyclic) bond motifs is 1. The van der Waals surface area contributed by atoms with E-state index in [2.05, 4.69) is 15.0 Å². The molecule has 3 N–H and O–H groups in total.